The molecule has 194 valence electrons. The number of aromatic nitrogens is 1. The first kappa shape index (κ1) is 26.0. The van der Waals surface area contributed by atoms with Gasteiger partial charge in [0.25, 0.3) is 5.79 Å². The van der Waals surface area contributed by atoms with Crippen LogP contribution in [0.1, 0.15) is 43.5 Å². The highest BCUT2D eigenvalue weighted by atomic mass is 35.5. The third-order valence-corrected chi connectivity index (χ3v) is 6.29. The molecule has 0 aliphatic carbocycles. The summed E-state index contributed by atoms with van der Waals surface area (Å²) in [5.41, 5.74) is -0.0714. The van der Waals surface area contributed by atoms with Crippen LogP contribution in [0.5, 0.6) is 5.75 Å². The van der Waals surface area contributed by atoms with Crippen LogP contribution in [0.15, 0.2) is 30.5 Å². The molecule has 2 aromatic rings. The number of carbonyl (C=O) groups excluding carboxylic acids is 2. The number of carbonyl (C=O) groups is 2. The number of ether oxygens (including phenoxy) is 3. The minimum Gasteiger partial charge on any atom is -0.477 e. The van der Waals surface area contributed by atoms with Crippen LogP contribution < -0.4 is 15.4 Å². The molecule has 1 aromatic heterocycles. The Balaban J connectivity index is 1.57. The van der Waals surface area contributed by atoms with E-state index in [0.717, 1.165) is 13.8 Å². The van der Waals surface area contributed by atoms with Crippen LogP contribution in [0, 0.1) is 0 Å². The van der Waals surface area contributed by atoms with Crippen molar-refractivity contribution in [2.45, 2.75) is 57.2 Å². The van der Waals surface area contributed by atoms with Crippen LogP contribution in [0.3, 0.4) is 0 Å². The maximum absolute atomic E-state index is 13.1. The fourth-order valence-electron chi connectivity index (χ4n) is 3.97. The average Bonchev–Trinajstić information content (AvgIpc) is 3.05. The Hall–Kier alpha value is -3.05. The molecule has 0 atom stereocenters. The molecule has 0 saturated carbocycles. The molecule has 8 nitrogen and oxygen atoms in total. The topological polar surface area (TPSA) is 98.8 Å². The number of pyridine rings is 1. The van der Waals surface area contributed by atoms with Crippen molar-refractivity contribution in [2.24, 2.45) is 0 Å². The van der Waals surface area contributed by atoms with E-state index in [-0.39, 0.29) is 31.7 Å². The van der Waals surface area contributed by atoms with Gasteiger partial charge in [-0.25, -0.2) is 0 Å². The maximum atomic E-state index is 13.1. The Morgan fingerprint density at radius 2 is 1.81 bits per heavy atom. The lowest BCUT2D eigenvalue weighted by molar-refractivity contribution is -0.234. The van der Waals surface area contributed by atoms with Crippen molar-refractivity contribution in [3.63, 3.8) is 0 Å². The van der Waals surface area contributed by atoms with Crippen LogP contribution in [-0.2, 0) is 37.8 Å². The summed E-state index contributed by atoms with van der Waals surface area (Å²) >= 11 is 6.49. The minimum atomic E-state index is -4.54. The fourth-order valence-corrected chi connectivity index (χ4v) is 4.22. The molecular formula is C24H25ClF3N3O5. The number of fused-ring (bicyclic) bond motifs is 2. The van der Waals surface area contributed by atoms with Crippen molar-refractivity contribution in [3.8, 4) is 5.75 Å². The highest BCUT2D eigenvalue weighted by Crippen LogP contribution is 2.40. The lowest BCUT2D eigenvalue weighted by atomic mass is 9.96. The predicted octanol–water partition coefficient (Wildman–Crippen LogP) is 4.25. The summed E-state index contributed by atoms with van der Waals surface area (Å²) in [6.07, 6.45) is -2.95. The van der Waals surface area contributed by atoms with E-state index in [9.17, 15) is 22.8 Å². The molecule has 2 N–H and O–H groups in total. The van der Waals surface area contributed by atoms with Crippen molar-refractivity contribution >= 4 is 29.2 Å². The Morgan fingerprint density at radius 3 is 2.42 bits per heavy atom. The number of hydrogen-bond acceptors (Lipinski definition) is 8. The van der Waals surface area contributed by atoms with Crippen molar-refractivity contribution < 1.29 is 37.0 Å². The molecule has 12 heteroatoms. The fraction of sp³-hybridized carbons (Fsp3) is 0.458. The van der Waals surface area contributed by atoms with Crippen molar-refractivity contribution in [3.05, 3.63) is 52.3 Å². The highest BCUT2D eigenvalue weighted by Gasteiger charge is 2.50. The first-order valence-corrected chi connectivity index (χ1v) is 11.7. The molecule has 0 unspecified atom stereocenters. The molecule has 4 rings (SSSR count). The molecule has 1 spiro atoms. The molecule has 1 saturated heterocycles. The van der Waals surface area contributed by atoms with Gasteiger partial charge < -0.3 is 24.8 Å². The quantitative estimate of drug-likeness (QED) is 0.557. The Kier molecular flexibility index (Phi) is 7.07. The van der Waals surface area contributed by atoms with E-state index in [1.807, 2.05) is 0 Å². The average molecular weight is 528 g/mol. The molecule has 0 bridgehead atoms. The monoisotopic (exact) mass is 527 g/mol. The summed E-state index contributed by atoms with van der Waals surface area (Å²) in [6.45, 7) is 2.68. The third kappa shape index (κ3) is 5.36. The predicted molar refractivity (Wildman–Crippen MR) is 123 cm³/mol. The Morgan fingerprint density at radius 1 is 1.11 bits per heavy atom. The van der Waals surface area contributed by atoms with Crippen molar-refractivity contribution in [1.29, 1.82) is 0 Å². The van der Waals surface area contributed by atoms with Gasteiger partial charge in [-0.1, -0.05) is 11.6 Å². The van der Waals surface area contributed by atoms with Gasteiger partial charge in [0.15, 0.2) is 5.60 Å². The van der Waals surface area contributed by atoms with E-state index < -0.39 is 29.5 Å². The van der Waals surface area contributed by atoms with Crippen molar-refractivity contribution in [1.82, 2.24) is 10.3 Å². The van der Waals surface area contributed by atoms with E-state index in [1.165, 1.54) is 12.3 Å². The Labute approximate surface area is 210 Å². The third-order valence-electron chi connectivity index (χ3n) is 5.97. The summed E-state index contributed by atoms with van der Waals surface area (Å²) in [5.74, 6) is -2.71. The van der Waals surface area contributed by atoms with Crippen molar-refractivity contribution in [2.75, 3.05) is 18.4 Å². The first-order valence-electron chi connectivity index (χ1n) is 11.3. The number of alkyl halides is 3. The molecule has 36 heavy (non-hydrogen) atoms. The lowest BCUT2D eigenvalue weighted by Crippen LogP contribution is -2.44. The molecular weight excluding hydrogens is 503 g/mol. The largest absolute Gasteiger partial charge is 0.477 e. The number of esters is 2. The van der Waals surface area contributed by atoms with E-state index in [1.54, 1.807) is 18.2 Å². The highest BCUT2D eigenvalue weighted by molar-refractivity contribution is 6.33. The smallest absolute Gasteiger partial charge is 0.427 e. The van der Waals surface area contributed by atoms with Crippen LogP contribution in [0.2, 0.25) is 5.02 Å². The first-order chi connectivity index (χ1) is 16.9. The Bertz CT molecular complexity index is 1140. The van der Waals surface area contributed by atoms with Gasteiger partial charge in [0.1, 0.15) is 5.75 Å². The lowest BCUT2D eigenvalue weighted by Gasteiger charge is -2.32. The van der Waals surface area contributed by atoms with Gasteiger partial charge in [-0.3, -0.25) is 14.6 Å². The molecule has 0 radical (unpaired) electrons. The van der Waals surface area contributed by atoms with Gasteiger partial charge >= 0.3 is 18.1 Å². The van der Waals surface area contributed by atoms with Gasteiger partial charge in [-0.2, -0.15) is 13.2 Å². The second kappa shape index (κ2) is 9.78. The van der Waals surface area contributed by atoms with Crippen LogP contribution >= 0.6 is 11.6 Å². The number of halogens is 4. The number of benzene rings is 1. The zero-order valence-corrected chi connectivity index (χ0v) is 20.4. The normalized spacial score (nSPS) is 17.9. The molecule has 2 aliphatic rings. The summed E-state index contributed by atoms with van der Waals surface area (Å²) in [6, 6.07) is 6.25. The second-order valence-corrected chi connectivity index (χ2v) is 9.43. The summed E-state index contributed by atoms with van der Waals surface area (Å²) in [7, 11) is 0. The zero-order chi connectivity index (χ0) is 26.1. The van der Waals surface area contributed by atoms with E-state index >= 15 is 0 Å². The number of rotatable bonds is 5. The minimum absolute atomic E-state index is 0.0160. The van der Waals surface area contributed by atoms with Gasteiger partial charge in [-0.15, -0.1) is 0 Å². The summed E-state index contributed by atoms with van der Waals surface area (Å²) < 4.78 is 55.6. The molecule has 3 heterocycles. The number of nitrogens with one attached hydrogen (secondary N) is 2. The van der Waals surface area contributed by atoms with Gasteiger partial charge in [0.2, 0.25) is 0 Å². The zero-order valence-electron chi connectivity index (χ0n) is 19.6. The number of anilines is 1. The maximum Gasteiger partial charge on any atom is 0.427 e. The molecule has 1 aromatic carbocycles. The van der Waals surface area contributed by atoms with Gasteiger partial charge in [0, 0.05) is 5.56 Å². The SMILES string of the molecule is CC(C)(Oc1ccc(CNc2c(Cl)ccc3c2CCNCC32OC(=O)CCC(=O)O2)nc1)C(F)(F)F. The van der Waals surface area contributed by atoms with E-state index in [4.69, 9.17) is 25.8 Å². The summed E-state index contributed by atoms with van der Waals surface area (Å²) in [4.78, 5) is 28.7. The van der Waals surface area contributed by atoms with Crippen LogP contribution in [0.25, 0.3) is 0 Å². The van der Waals surface area contributed by atoms with Crippen LogP contribution in [0.4, 0.5) is 18.9 Å². The van der Waals surface area contributed by atoms with Gasteiger partial charge in [0.05, 0.1) is 48.5 Å². The molecule has 1 fully saturated rings. The summed E-state index contributed by atoms with van der Waals surface area (Å²) in [5, 5.41) is 6.75. The number of nitrogens with zero attached hydrogens (tertiary/aromatic N) is 1. The number of hydrogen-bond donors (Lipinski definition) is 2. The molecule has 2 aliphatic heterocycles. The van der Waals surface area contributed by atoms with Crippen LogP contribution in [-0.4, -0.2) is 41.8 Å². The standard InChI is InChI=1S/C24H25ClF3N3O5/c1-22(2,24(26,27)28)34-15-4-3-14(30-12-15)11-31-21-16-9-10-29-13-23(17(16)5-6-18(21)25)35-19(32)7-8-20(33)36-23/h3-6,12,29,31H,7-11,13H2,1-2H3. The van der Waals surface area contributed by atoms with E-state index in [2.05, 4.69) is 15.6 Å². The van der Waals surface area contributed by atoms with E-state index in [0.29, 0.717) is 40.5 Å². The van der Waals surface area contributed by atoms with Gasteiger partial charge in [-0.05, 0) is 56.6 Å². The second-order valence-electron chi connectivity index (χ2n) is 9.03. The molecule has 0 amide bonds.